The van der Waals surface area contributed by atoms with Crippen LogP contribution in [-0.2, 0) is 0 Å². The first kappa shape index (κ1) is 14.3. The lowest BCUT2D eigenvalue weighted by Crippen LogP contribution is -2.42. The van der Waals surface area contributed by atoms with E-state index >= 15 is 0 Å². The summed E-state index contributed by atoms with van der Waals surface area (Å²) < 4.78 is 2.00. The van der Waals surface area contributed by atoms with E-state index in [0.717, 1.165) is 11.4 Å². The number of rotatable bonds is 4. The van der Waals surface area contributed by atoms with Gasteiger partial charge in [-0.3, -0.25) is 11.3 Å². The Balaban J connectivity index is 1.97. The van der Waals surface area contributed by atoms with Gasteiger partial charge in [0, 0.05) is 6.20 Å². The predicted molar refractivity (Wildman–Crippen MR) is 84.8 cm³/mol. The fourth-order valence-corrected chi connectivity index (χ4v) is 3.61. The number of para-hydroxylation sites is 1. The summed E-state index contributed by atoms with van der Waals surface area (Å²) in [5, 5.41) is 4.50. The van der Waals surface area contributed by atoms with Crippen molar-refractivity contribution >= 4 is 0 Å². The van der Waals surface area contributed by atoms with Gasteiger partial charge in [0.1, 0.15) is 0 Å². The van der Waals surface area contributed by atoms with E-state index in [1.165, 1.54) is 32.1 Å². The first-order valence-electron chi connectivity index (χ1n) is 7.80. The fraction of sp³-hybridized carbons (Fsp3) is 0.471. The number of nitrogens with zero attached hydrogens (tertiary/aromatic N) is 2. The molecule has 1 aromatic heterocycles. The van der Waals surface area contributed by atoms with E-state index in [-0.39, 0.29) is 11.5 Å². The molecule has 1 heterocycles. The van der Waals surface area contributed by atoms with Crippen LogP contribution < -0.4 is 11.3 Å². The molecule has 1 aliphatic carbocycles. The Morgan fingerprint density at radius 2 is 1.86 bits per heavy atom. The molecule has 3 rings (SSSR count). The first-order chi connectivity index (χ1) is 10.2. The minimum atomic E-state index is 0.125. The van der Waals surface area contributed by atoms with Crippen LogP contribution in [0.1, 0.15) is 50.8 Å². The lowest BCUT2D eigenvalue weighted by molar-refractivity contribution is 0.140. The minimum absolute atomic E-state index is 0.125. The molecule has 0 saturated heterocycles. The summed E-state index contributed by atoms with van der Waals surface area (Å²) in [4.78, 5) is 0. The van der Waals surface area contributed by atoms with Gasteiger partial charge < -0.3 is 0 Å². The highest BCUT2D eigenvalue weighted by molar-refractivity contribution is 5.33. The van der Waals surface area contributed by atoms with Gasteiger partial charge in [0.25, 0.3) is 0 Å². The number of nitrogens with one attached hydrogen (secondary N) is 1. The second kappa shape index (κ2) is 6.00. The van der Waals surface area contributed by atoms with Gasteiger partial charge in [0.15, 0.2) is 0 Å². The highest BCUT2D eigenvalue weighted by Gasteiger charge is 2.37. The number of benzene rings is 1. The van der Waals surface area contributed by atoms with Gasteiger partial charge in [-0.05, 0) is 36.5 Å². The maximum absolute atomic E-state index is 5.94. The van der Waals surface area contributed by atoms with E-state index in [0.29, 0.717) is 0 Å². The molecular weight excluding hydrogens is 260 g/mol. The molecule has 112 valence electrons. The van der Waals surface area contributed by atoms with Crippen molar-refractivity contribution in [2.45, 2.75) is 45.1 Å². The van der Waals surface area contributed by atoms with Crippen molar-refractivity contribution in [3.8, 4) is 5.69 Å². The smallest absolute Gasteiger partial charge is 0.0687 e. The number of hydrogen-bond donors (Lipinski definition) is 2. The normalized spacial score (nSPS) is 19.3. The zero-order chi connectivity index (χ0) is 14.7. The van der Waals surface area contributed by atoms with Crippen LogP contribution in [0, 0.1) is 5.41 Å². The van der Waals surface area contributed by atoms with E-state index in [2.05, 4.69) is 35.6 Å². The molecule has 0 radical (unpaired) electrons. The molecule has 1 atom stereocenters. The summed E-state index contributed by atoms with van der Waals surface area (Å²) in [6.45, 7) is 2.35. The summed E-state index contributed by atoms with van der Waals surface area (Å²) >= 11 is 0. The Morgan fingerprint density at radius 3 is 2.52 bits per heavy atom. The van der Waals surface area contributed by atoms with Crippen LogP contribution in [0.3, 0.4) is 0 Å². The maximum Gasteiger partial charge on any atom is 0.0687 e. The van der Waals surface area contributed by atoms with E-state index in [4.69, 9.17) is 5.84 Å². The summed E-state index contributed by atoms with van der Waals surface area (Å²) in [5.74, 6) is 5.94. The second-order valence-corrected chi connectivity index (χ2v) is 6.32. The van der Waals surface area contributed by atoms with Crippen molar-refractivity contribution in [3.05, 3.63) is 48.3 Å². The quantitative estimate of drug-likeness (QED) is 0.668. The summed E-state index contributed by atoms with van der Waals surface area (Å²) in [6.07, 6.45) is 8.19. The Labute approximate surface area is 126 Å². The summed E-state index contributed by atoms with van der Waals surface area (Å²) in [6, 6.07) is 12.5. The molecule has 1 aromatic carbocycles. The van der Waals surface area contributed by atoms with Gasteiger partial charge in [0.05, 0.1) is 17.4 Å². The molecule has 21 heavy (non-hydrogen) atoms. The van der Waals surface area contributed by atoms with Crippen molar-refractivity contribution in [1.29, 1.82) is 0 Å². The van der Waals surface area contributed by atoms with Crippen LogP contribution >= 0.6 is 0 Å². The van der Waals surface area contributed by atoms with Crippen LogP contribution in [0.5, 0.6) is 0 Å². The van der Waals surface area contributed by atoms with Crippen LogP contribution in [0.15, 0.2) is 42.6 Å². The zero-order valence-corrected chi connectivity index (χ0v) is 12.6. The van der Waals surface area contributed by atoms with E-state index < -0.39 is 0 Å². The number of hydrazine groups is 1. The number of hydrogen-bond acceptors (Lipinski definition) is 3. The van der Waals surface area contributed by atoms with Gasteiger partial charge in [-0.1, -0.05) is 44.4 Å². The Morgan fingerprint density at radius 1 is 1.14 bits per heavy atom. The van der Waals surface area contributed by atoms with Crippen LogP contribution in [0.4, 0.5) is 0 Å². The van der Waals surface area contributed by atoms with Gasteiger partial charge in [-0.2, -0.15) is 5.10 Å². The molecule has 2 aromatic rings. The molecule has 1 fully saturated rings. The minimum Gasteiger partial charge on any atom is -0.271 e. The average molecular weight is 284 g/mol. The standard InChI is InChI=1S/C17H24N4/c1-17(11-6-3-7-12-17)16(20-18)15-10-13-19-21(15)14-8-4-2-5-9-14/h2,4-5,8-10,13,16,20H,3,6-7,11-12,18H2,1H3. The fourth-order valence-electron chi connectivity index (χ4n) is 3.61. The SMILES string of the molecule is CC1(C(NN)c2ccnn2-c2ccccc2)CCCCC1. The van der Waals surface area contributed by atoms with Crippen molar-refractivity contribution in [3.63, 3.8) is 0 Å². The highest BCUT2D eigenvalue weighted by atomic mass is 15.3. The lowest BCUT2D eigenvalue weighted by Gasteiger charge is -2.40. The average Bonchev–Trinajstić information content (AvgIpc) is 2.98. The van der Waals surface area contributed by atoms with Gasteiger partial charge in [-0.25, -0.2) is 4.68 Å². The van der Waals surface area contributed by atoms with Crippen molar-refractivity contribution in [2.75, 3.05) is 0 Å². The monoisotopic (exact) mass is 284 g/mol. The molecule has 1 aliphatic rings. The van der Waals surface area contributed by atoms with Gasteiger partial charge >= 0.3 is 0 Å². The third-order valence-corrected chi connectivity index (χ3v) is 4.83. The van der Waals surface area contributed by atoms with E-state index in [9.17, 15) is 0 Å². The molecule has 0 bridgehead atoms. The van der Waals surface area contributed by atoms with Crippen LogP contribution in [0.2, 0.25) is 0 Å². The second-order valence-electron chi connectivity index (χ2n) is 6.32. The molecule has 1 unspecified atom stereocenters. The topological polar surface area (TPSA) is 55.9 Å². The number of aromatic nitrogens is 2. The third kappa shape index (κ3) is 2.74. The summed E-state index contributed by atoms with van der Waals surface area (Å²) in [5.41, 5.74) is 5.49. The first-order valence-corrected chi connectivity index (χ1v) is 7.80. The largest absolute Gasteiger partial charge is 0.271 e. The molecule has 1 saturated carbocycles. The molecule has 4 heteroatoms. The Bertz CT molecular complexity index is 569. The molecule has 0 amide bonds. The van der Waals surface area contributed by atoms with Crippen molar-refractivity contribution in [1.82, 2.24) is 15.2 Å². The highest BCUT2D eigenvalue weighted by Crippen LogP contribution is 2.45. The molecule has 4 nitrogen and oxygen atoms in total. The molecular formula is C17H24N4. The Hall–Kier alpha value is -1.65. The number of nitrogens with two attached hydrogens (primary N) is 1. The van der Waals surface area contributed by atoms with Crippen LogP contribution in [0.25, 0.3) is 5.69 Å². The third-order valence-electron chi connectivity index (χ3n) is 4.83. The van der Waals surface area contributed by atoms with Gasteiger partial charge in [-0.15, -0.1) is 0 Å². The van der Waals surface area contributed by atoms with E-state index in [1.54, 1.807) is 0 Å². The van der Waals surface area contributed by atoms with Crippen LogP contribution in [-0.4, -0.2) is 9.78 Å². The van der Waals surface area contributed by atoms with Crippen molar-refractivity contribution < 1.29 is 0 Å². The van der Waals surface area contributed by atoms with Gasteiger partial charge in [0.2, 0.25) is 0 Å². The zero-order valence-electron chi connectivity index (χ0n) is 12.6. The van der Waals surface area contributed by atoms with Crippen molar-refractivity contribution in [2.24, 2.45) is 11.3 Å². The maximum atomic E-state index is 5.94. The molecule has 3 N–H and O–H groups in total. The molecule has 0 aliphatic heterocycles. The predicted octanol–water partition coefficient (Wildman–Crippen LogP) is 3.35. The molecule has 0 spiro atoms. The van der Waals surface area contributed by atoms with E-state index in [1.807, 2.05) is 29.1 Å². The lowest BCUT2D eigenvalue weighted by atomic mass is 9.70. The Kier molecular flexibility index (Phi) is 4.08. The summed E-state index contributed by atoms with van der Waals surface area (Å²) in [7, 11) is 0.